The Balaban J connectivity index is 1.43. The second kappa shape index (κ2) is 11.6. The lowest BCUT2D eigenvalue weighted by atomic mass is 9.87. The fourth-order valence-corrected chi connectivity index (χ4v) is 6.57. The molecule has 212 valence electrons. The van der Waals surface area contributed by atoms with Gasteiger partial charge in [0.05, 0.1) is 5.69 Å². The van der Waals surface area contributed by atoms with Gasteiger partial charge < -0.3 is 4.90 Å². The van der Waals surface area contributed by atoms with E-state index in [0.717, 1.165) is 17.1 Å². The summed E-state index contributed by atoms with van der Waals surface area (Å²) >= 11 is 0. The smallest absolute Gasteiger partial charge is 0.0546 e. The minimum Gasteiger partial charge on any atom is -0.310 e. The van der Waals surface area contributed by atoms with Crippen molar-refractivity contribution >= 4 is 38.6 Å². The molecule has 45 heavy (non-hydrogen) atoms. The van der Waals surface area contributed by atoms with E-state index in [0.29, 0.717) is 0 Å². The average Bonchev–Trinajstić information content (AvgIpc) is 3.13. The summed E-state index contributed by atoms with van der Waals surface area (Å²) in [6.07, 6.45) is 0. The van der Waals surface area contributed by atoms with Gasteiger partial charge in [-0.05, 0) is 85.8 Å². The van der Waals surface area contributed by atoms with Crippen molar-refractivity contribution < 1.29 is 0 Å². The molecule has 8 aromatic rings. The maximum absolute atomic E-state index is 2.40. The van der Waals surface area contributed by atoms with Gasteiger partial charge >= 0.3 is 0 Å². The third kappa shape index (κ3) is 4.95. The summed E-state index contributed by atoms with van der Waals surface area (Å²) in [7, 11) is 0. The first-order valence-electron chi connectivity index (χ1n) is 15.5. The number of para-hydroxylation sites is 1. The predicted octanol–water partition coefficient (Wildman–Crippen LogP) is 12.5. The molecule has 0 amide bonds. The van der Waals surface area contributed by atoms with Gasteiger partial charge in [-0.1, -0.05) is 152 Å². The Morgan fingerprint density at radius 3 is 1.56 bits per heavy atom. The molecule has 8 aromatic carbocycles. The molecule has 0 saturated carbocycles. The molecule has 0 heterocycles. The normalized spacial score (nSPS) is 11.1. The fraction of sp³-hybridized carbons (Fsp3) is 0. The topological polar surface area (TPSA) is 3.24 Å². The standard InChI is InChI=1S/C44H31N/c1-4-15-32(16-5-1)33-27-29-37(30-28-33)45(36-20-8-3-9-21-36)43-26-14-25-39(34-17-6-2-7-18-34)44(43)42-31-35-19-10-11-22-38(35)40-23-12-13-24-41(40)42/h1-31H. The van der Waals surface area contributed by atoms with E-state index in [1.807, 2.05) is 0 Å². The van der Waals surface area contributed by atoms with Crippen LogP contribution in [0.2, 0.25) is 0 Å². The molecule has 8 rings (SSSR count). The Hall–Kier alpha value is -5.92. The quantitative estimate of drug-likeness (QED) is 0.179. The second-order valence-corrected chi connectivity index (χ2v) is 11.3. The predicted molar refractivity (Wildman–Crippen MR) is 192 cm³/mol. The van der Waals surface area contributed by atoms with Gasteiger partial charge in [0.1, 0.15) is 0 Å². The number of anilines is 3. The number of nitrogens with zero attached hydrogens (tertiary/aromatic N) is 1. The molecule has 0 N–H and O–H groups in total. The van der Waals surface area contributed by atoms with Crippen LogP contribution < -0.4 is 4.90 Å². The van der Waals surface area contributed by atoms with Crippen LogP contribution in [0.15, 0.2) is 188 Å². The summed E-state index contributed by atoms with van der Waals surface area (Å²) in [5.41, 5.74) is 10.6. The molecule has 0 spiro atoms. The van der Waals surface area contributed by atoms with Gasteiger partial charge in [0.25, 0.3) is 0 Å². The van der Waals surface area contributed by atoms with Crippen molar-refractivity contribution in [3.05, 3.63) is 188 Å². The minimum atomic E-state index is 1.11. The van der Waals surface area contributed by atoms with Crippen LogP contribution in [0.1, 0.15) is 0 Å². The SMILES string of the molecule is c1ccc(-c2ccc(N(c3ccccc3)c3cccc(-c4ccccc4)c3-c3cc4ccccc4c4ccccc34)cc2)cc1. The van der Waals surface area contributed by atoms with Gasteiger partial charge in [-0.2, -0.15) is 0 Å². The van der Waals surface area contributed by atoms with Crippen LogP contribution in [0, 0.1) is 0 Å². The Kier molecular flexibility index (Phi) is 6.90. The van der Waals surface area contributed by atoms with E-state index >= 15 is 0 Å². The Morgan fingerprint density at radius 1 is 0.311 bits per heavy atom. The molecule has 0 aliphatic heterocycles. The van der Waals surface area contributed by atoms with Gasteiger partial charge in [0, 0.05) is 16.9 Å². The van der Waals surface area contributed by atoms with Crippen LogP contribution in [-0.2, 0) is 0 Å². The van der Waals surface area contributed by atoms with Gasteiger partial charge in [-0.3, -0.25) is 0 Å². The van der Waals surface area contributed by atoms with Crippen molar-refractivity contribution in [3.63, 3.8) is 0 Å². The van der Waals surface area contributed by atoms with Gasteiger partial charge in [0.2, 0.25) is 0 Å². The highest BCUT2D eigenvalue weighted by atomic mass is 15.1. The number of benzene rings is 8. The van der Waals surface area contributed by atoms with Crippen LogP contribution in [0.5, 0.6) is 0 Å². The number of hydrogen-bond acceptors (Lipinski definition) is 1. The lowest BCUT2D eigenvalue weighted by Gasteiger charge is -2.30. The van der Waals surface area contributed by atoms with Crippen LogP contribution in [0.25, 0.3) is 54.9 Å². The van der Waals surface area contributed by atoms with Gasteiger partial charge in [-0.25, -0.2) is 0 Å². The van der Waals surface area contributed by atoms with Crippen molar-refractivity contribution in [2.45, 2.75) is 0 Å². The van der Waals surface area contributed by atoms with Crippen molar-refractivity contribution in [1.29, 1.82) is 0 Å². The summed E-state index contributed by atoms with van der Waals surface area (Å²) in [5.74, 6) is 0. The molecule has 1 heteroatoms. The zero-order valence-corrected chi connectivity index (χ0v) is 24.8. The van der Waals surface area contributed by atoms with E-state index in [9.17, 15) is 0 Å². The molecular weight excluding hydrogens is 542 g/mol. The summed E-state index contributed by atoms with van der Waals surface area (Å²) in [4.78, 5) is 2.40. The highest BCUT2D eigenvalue weighted by molar-refractivity contribution is 6.16. The molecule has 0 saturated heterocycles. The zero-order valence-electron chi connectivity index (χ0n) is 24.8. The summed E-state index contributed by atoms with van der Waals surface area (Å²) in [6, 6.07) is 67.7. The Morgan fingerprint density at radius 2 is 0.844 bits per heavy atom. The van der Waals surface area contributed by atoms with Gasteiger partial charge in [-0.15, -0.1) is 0 Å². The molecular formula is C44H31N. The molecule has 1 nitrogen and oxygen atoms in total. The first-order chi connectivity index (χ1) is 22.3. The monoisotopic (exact) mass is 573 g/mol. The maximum Gasteiger partial charge on any atom is 0.0546 e. The molecule has 0 atom stereocenters. The minimum absolute atomic E-state index is 1.11. The average molecular weight is 574 g/mol. The highest BCUT2D eigenvalue weighted by Gasteiger charge is 2.22. The molecule has 0 unspecified atom stereocenters. The third-order valence-corrected chi connectivity index (χ3v) is 8.65. The van der Waals surface area contributed by atoms with Crippen LogP contribution in [0.4, 0.5) is 17.1 Å². The van der Waals surface area contributed by atoms with Crippen LogP contribution >= 0.6 is 0 Å². The van der Waals surface area contributed by atoms with Crippen LogP contribution in [-0.4, -0.2) is 0 Å². The van der Waals surface area contributed by atoms with Crippen molar-refractivity contribution in [1.82, 2.24) is 0 Å². The molecule has 0 aliphatic carbocycles. The first kappa shape index (κ1) is 26.7. The highest BCUT2D eigenvalue weighted by Crippen LogP contribution is 2.48. The lowest BCUT2D eigenvalue weighted by molar-refractivity contribution is 1.28. The van der Waals surface area contributed by atoms with Crippen molar-refractivity contribution in [3.8, 4) is 33.4 Å². The molecule has 0 aliphatic rings. The largest absolute Gasteiger partial charge is 0.310 e. The molecule has 0 bridgehead atoms. The number of hydrogen-bond donors (Lipinski definition) is 0. The first-order valence-corrected chi connectivity index (χ1v) is 15.5. The van der Waals surface area contributed by atoms with E-state index in [2.05, 4.69) is 193 Å². The van der Waals surface area contributed by atoms with E-state index in [1.165, 1.54) is 54.9 Å². The summed E-state index contributed by atoms with van der Waals surface area (Å²) in [5, 5.41) is 5.01. The maximum atomic E-state index is 2.40. The Labute approximate surface area is 264 Å². The van der Waals surface area contributed by atoms with Crippen molar-refractivity contribution in [2.24, 2.45) is 0 Å². The number of rotatable bonds is 6. The van der Waals surface area contributed by atoms with E-state index < -0.39 is 0 Å². The molecule has 0 fully saturated rings. The van der Waals surface area contributed by atoms with Crippen molar-refractivity contribution in [2.75, 3.05) is 4.90 Å². The summed E-state index contributed by atoms with van der Waals surface area (Å²) in [6.45, 7) is 0. The van der Waals surface area contributed by atoms with E-state index in [-0.39, 0.29) is 0 Å². The van der Waals surface area contributed by atoms with E-state index in [1.54, 1.807) is 0 Å². The van der Waals surface area contributed by atoms with E-state index in [4.69, 9.17) is 0 Å². The zero-order chi connectivity index (χ0) is 30.0. The second-order valence-electron chi connectivity index (χ2n) is 11.3. The molecule has 0 radical (unpaired) electrons. The summed E-state index contributed by atoms with van der Waals surface area (Å²) < 4.78 is 0. The van der Waals surface area contributed by atoms with Gasteiger partial charge in [0.15, 0.2) is 0 Å². The lowest BCUT2D eigenvalue weighted by Crippen LogP contribution is -2.11. The van der Waals surface area contributed by atoms with Crippen LogP contribution in [0.3, 0.4) is 0 Å². The number of fused-ring (bicyclic) bond motifs is 3. The third-order valence-electron chi connectivity index (χ3n) is 8.65. The molecule has 0 aromatic heterocycles. The fourth-order valence-electron chi connectivity index (χ4n) is 6.57. The Bertz CT molecular complexity index is 2240.